The van der Waals surface area contributed by atoms with Crippen molar-refractivity contribution in [1.29, 1.82) is 0 Å². The number of fused-ring (bicyclic) bond motifs is 2. The molecule has 0 aromatic carbocycles. The van der Waals surface area contributed by atoms with Crippen molar-refractivity contribution in [2.45, 2.75) is 44.3 Å². The normalized spacial score (nSPS) is 47.2. The second-order valence-electron chi connectivity index (χ2n) is 8.68. The topological polar surface area (TPSA) is 72.9 Å². The molecule has 24 heavy (non-hydrogen) atoms. The Kier molecular flexibility index (Phi) is 3.52. The van der Waals surface area contributed by atoms with Crippen LogP contribution in [0, 0.1) is 29.6 Å². The van der Waals surface area contributed by atoms with Crippen LogP contribution in [0.25, 0.3) is 0 Å². The van der Waals surface area contributed by atoms with Crippen molar-refractivity contribution >= 4 is 11.9 Å². The second kappa shape index (κ2) is 5.18. The van der Waals surface area contributed by atoms with Gasteiger partial charge in [0.05, 0.1) is 0 Å². The smallest absolute Gasteiger partial charge is 0.324 e. The lowest BCUT2D eigenvalue weighted by Crippen LogP contribution is -2.56. The number of likely N-dealkylation sites (tertiary alicyclic amines) is 2. The molecule has 6 heteroatoms. The zero-order valence-electron chi connectivity index (χ0n) is 15.0. The van der Waals surface area contributed by atoms with Crippen molar-refractivity contribution in [2.24, 2.45) is 29.6 Å². The van der Waals surface area contributed by atoms with Crippen LogP contribution in [0.5, 0.6) is 0 Å². The summed E-state index contributed by atoms with van der Waals surface area (Å²) in [5.41, 5.74) is -0.606. The third-order valence-corrected chi connectivity index (χ3v) is 7.26. The summed E-state index contributed by atoms with van der Waals surface area (Å²) >= 11 is 0. The van der Waals surface area contributed by atoms with Gasteiger partial charge < -0.3 is 15.3 Å². The number of hydrogen-bond donors (Lipinski definition) is 2. The van der Waals surface area contributed by atoms with Gasteiger partial charge in [0, 0.05) is 38.1 Å². The summed E-state index contributed by atoms with van der Waals surface area (Å²) in [4.78, 5) is 28.6. The van der Waals surface area contributed by atoms with E-state index in [0.29, 0.717) is 23.8 Å². The van der Waals surface area contributed by atoms with Crippen molar-refractivity contribution in [3.05, 3.63) is 0 Å². The minimum Gasteiger partial charge on any atom is -0.480 e. The maximum Gasteiger partial charge on any atom is 0.324 e. The molecule has 0 bridgehead atoms. The highest BCUT2D eigenvalue weighted by Gasteiger charge is 2.70. The highest BCUT2D eigenvalue weighted by molar-refractivity contribution is 5.84. The number of carbonyl (C=O) groups excluding carboxylic acids is 1. The van der Waals surface area contributed by atoms with Gasteiger partial charge in [-0.3, -0.25) is 14.5 Å². The molecule has 1 amide bonds. The predicted molar refractivity (Wildman–Crippen MR) is 89.4 cm³/mol. The molecule has 2 N–H and O–H groups in total. The molecule has 4 rings (SSSR count). The van der Waals surface area contributed by atoms with Crippen LogP contribution in [0.15, 0.2) is 0 Å². The van der Waals surface area contributed by atoms with Crippen LogP contribution in [0.2, 0.25) is 0 Å². The van der Waals surface area contributed by atoms with E-state index < -0.39 is 11.5 Å². The van der Waals surface area contributed by atoms with E-state index in [1.165, 1.54) is 0 Å². The first-order valence-electron chi connectivity index (χ1n) is 9.25. The molecule has 2 aliphatic carbocycles. The molecule has 134 valence electrons. The fraction of sp³-hybridized carbons (Fsp3) is 0.889. The highest BCUT2D eigenvalue weighted by atomic mass is 16.4. The zero-order chi connectivity index (χ0) is 17.4. The standard InChI is InChI=1S/C18H29N3O3/c1-9(2)21-7-10(5-11-6-18(11,21)17(23)24)15-13-12(8-20(15)4)14(13)16(22)19-3/h9-15H,5-8H2,1-4H3,(H,19,22)(H,23,24)/t10?,11-,12?,13?,14?,15?,18?/m1/s1. The predicted octanol–water partition coefficient (Wildman–Crippen LogP) is 0.482. The molecule has 2 saturated carbocycles. The molecular formula is C18H29N3O3. The van der Waals surface area contributed by atoms with Gasteiger partial charge in [-0.25, -0.2) is 0 Å². The Hall–Kier alpha value is -1.14. The molecule has 0 aromatic rings. The number of hydrogen-bond acceptors (Lipinski definition) is 4. The minimum absolute atomic E-state index is 0.175. The molecule has 7 atom stereocenters. The van der Waals surface area contributed by atoms with Crippen molar-refractivity contribution in [3.8, 4) is 0 Å². The van der Waals surface area contributed by atoms with Crippen molar-refractivity contribution in [3.63, 3.8) is 0 Å². The Balaban J connectivity index is 1.54. The molecule has 2 saturated heterocycles. The maximum absolute atomic E-state index is 12.1. The largest absolute Gasteiger partial charge is 0.480 e. The van der Waals surface area contributed by atoms with E-state index in [1.54, 1.807) is 7.05 Å². The summed E-state index contributed by atoms with van der Waals surface area (Å²) in [7, 11) is 3.89. The number of aliphatic carboxylic acids is 1. The van der Waals surface area contributed by atoms with E-state index >= 15 is 0 Å². The summed E-state index contributed by atoms with van der Waals surface area (Å²) in [6, 6.07) is 0.663. The van der Waals surface area contributed by atoms with Crippen LogP contribution in [-0.2, 0) is 9.59 Å². The number of rotatable bonds is 4. The Morgan fingerprint density at radius 3 is 2.58 bits per heavy atom. The minimum atomic E-state index is -0.646. The first-order chi connectivity index (χ1) is 11.3. The van der Waals surface area contributed by atoms with Crippen LogP contribution < -0.4 is 5.32 Å². The van der Waals surface area contributed by atoms with E-state index in [2.05, 4.69) is 36.0 Å². The number of carboxylic acids is 1. The van der Waals surface area contributed by atoms with Crippen LogP contribution in [0.4, 0.5) is 0 Å². The average Bonchev–Trinajstić information content (AvgIpc) is 3.39. The summed E-state index contributed by atoms with van der Waals surface area (Å²) in [6.07, 6.45) is 1.79. The van der Waals surface area contributed by atoms with Gasteiger partial charge in [0.2, 0.25) is 5.91 Å². The molecule has 0 spiro atoms. The first kappa shape index (κ1) is 16.3. The van der Waals surface area contributed by atoms with E-state index in [-0.39, 0.29) is 23.8 Å². The van der Waals surface area contributed by atoms with Crippen LogP contribution in [0.3, 0.4) is 0 Å². The monoisotopic (exact) mass is 335 g/mol. The molecule has 6 nitrogen and oxygen atoms in total. The summed E-state index contributed by atoms with van der Waals surface area (Å²) in [5, 5.41) is 12.6. The number of nitrogens with zero attached hydrogens (tertiary/aromatic N) is 2. The fourth-order valence-corrected chi connectivity index (χ4v) is 6.17. The summed E-state index contributed by atoms with van der Waals surface area (Å²) < 4.78 is 0. The molecule has 2 heterocycles. The number of piperidine rings is 2. The van der Waals surface area contributed by atoms with Gasteiger partial charge in [-0.15, -0.1) is 0 Å². The Bertz CT molecular complexity index is 580. The van der Waals surface area contributed by atoms with Gasteiger partial charge in [-0.1, -0.05) is 0 Å². The Morgan fingerprint density at radius 2 is 2.00 bits per heavy atom. The van der Waals surface area contributed by atoms with Gasteiger partial charge in [0.15, 0.2) is 0 Å². The highest BCUT2D eigenvalue weighted by Crippen LogP contribution is 2.62. The average molecular weight is 335 g/mol. The third-order valence-electron chi connectivity index (χ3n) is 7.26. The number of nitrogens with one attached hydrogen (secondary N) is 1. The molecule has 4 aliphatic rings. The Labute approximate surface area is 143 Å². The molecule has 0 aromatic heterocycles. The van der Waals surface area contributed by atoms with Crippen molar-refractivity contribution < 1.29 is 14.7 Å². The van der Waals surface area contributed by atoms with E-state index in [1.807, 2.05) is 0 Å². The van der Waals surface area contributed by atoms with Gasteiger partial charge in [0.25, 0.3) is 0 Å². The SMILES string of the molecule is CNC(=O)C1C2CN(C)C(C3C[C@@H]4CC4(C(=O)O)N(C(C)C)C3)C21. The lowest BCUT2D eigenvalue weighted by atomic mass is 9.83. The van der Waals surface area contributed by atoms with Gasteiger partial charge in [-0.2, -0.15) is 0 Å². The molecular weight excluding hydrogens is 306 g/mol. The number of carbonyl (C=O) groups is 2. The molecule has 2 aliphatic heterocycles. The third kappa shape index (κ3) is 2.02. The summed E-state index contributed by atoms with van der Waals surface area (Å²) in [5.74, 6) is 1.43. The molecule has 4 fully saturated rings. The van der Waals surface area contributed by atoms with Gasteiger partial charge in [-0.05, 0) is 57.4 Å². The van der Waals surface area contributed by atoms with E-state index in [4.69, 9.17) is 0 Å². The lowest BCUT2D eigenvalue weighted by Gasteiger charge is -2.44. The zero-order valence-corrected chi connectivity index (χ0v) is 15.0. The maximum atomic E-state index is 12.1. The quantitative estimate of drug-likeness (QED) is 0.782. The van der Waals surface area contributed by atoms with Crippen molar-refractivity contribution in [1.82, 2.24) is 15.1 Å². The first-order valence-corrected chi connectivity index (χ1v) is 9.25. The molecule has 6 unspecified atom stereocenters. The lowest BCUT2D eigenvalue weighted by molar-refractivity contribution is -0.149. The van der Waals surface area contributed by atoms with Crippen molar-refractivity contribution in [2.75, 3.05) is 27.2 Å². The Morgan fingerprint density at radius 1 is 1.29 bits per heavy atom. The van der Waals surface area contributed by atoms with E-state index in [0.717, 1.165) is 25.9 Å². The number of amides is 1. The van der Waals surface area contributed by atoms with Crippen LogP contribution in [-0.4, -0.2) is 71.6 Å². The molecule has 0 radical (unpaired) electrons. The number of carboxylic acid groups (broad SMARTS) is 1. The summed E-state index contributed by atoms with van der Waals surface area (Å²) in [6.45, 7) is 6.06. The van der Waals surface area contributed by atoms with E-state index in [9.17, 15) is 14.7 Å². The second-order valence-corrected chi connectivity index (χ2v) is 8.68. The van der Waals surface area contributed by atoms with Crippen LogP contribution in [0.1, 0.15) is 26.7 Å². The van der Waals surface area contributed by atoms with Crippen LogP contribution >= 0.6 is 0 Å². The van der Waals surface area contributed by atoms with Gasteiger partial charge in [0.1, 0.15) is 5.54 Å². The fourth-order valence-electron chi connectivity index (χ4n) is 6.17. The van der Waals surface area contributed by atoms with Gasteiger partial charge >= 0.3 is 5.97 Å².